The van der Waals surface area contributed by atoms with Gasteiger partial charge < -0.3 is 14.8 Å². The van der Waals surface area contributed by atoms with Crippen LogP contribution in [0, 0.1) is 13.8 Å². The van der Waals surface area contributed by atoms with Gasteiger partial charge in [0.1, 0.15) is 9.88 Å². The Hall–Kier alpha value is -2.68. The largest absolute Gasteiger partial charge is 0.465 e. The number of amides is 1. The highest BCUT2D eigenvalue weighted by molar-refractivity contribution is 7.18. The van der Waals surface area contributed by atoms with Gasteiger partial charge in [-0.2, -0.15) is 5.10 Å². The third-order valence-corrected chi connectivity index (χ3v) is 4.58. The Morgan fingerprint density at radius 2 is 1.79 bits per heavy atom. The number of aromatic nitrogens is 2. The second-order valence-electron chi connectivity index (χ2n) is 5.00. The molecule has 2 aromatic rings. The van der Waals surface area contributed by atoms with Crippen molar-refractivity contribution >= 4 is 34.2 Å². The summed E-state index contributed by atoms with van der Waals surface area (Å²) >= 11 is 0.964. The van der Waals surface area contributed by atoms with Gasteiger partial charge in [0.05, 0.1) is 31.0 Å². The van der Waals surface area contributed by atoms with Gasteiger partial charge in [-0.05, 0) is 19.4 Å². The average Bonchev–Trinajstić information content (AvgIpc) is 3.05. The number of hydrogen-bond donors (Lipinski definition) is 1. The van der Waals surface area contributed by atoms with Crippen LogP contribution in [0.15, 0.2) is 6.20 Å². The van der Waals surface area contributed by atoms with Gasteiger partial charge in [-0.3, -0.25) is 9.48 Å². The molecule has 0 aliphatic rings. The predicted molar refractivity (Wildman–Crippen MR) is 87.6 cm³/mol. The number of hydrogen-bond acceptors (Lipinski definition) is 7. The molecule has 0 saturated heterocycles. The molecule has 24 heavy (non-hydrogen) atoms. The van der Waals surface area contributed by atoms with Crippen LogP contribution in [0.5, 0.6) is 0 Å². The number of ether oxygens (including phenoxy) is 2. The Balaban J connectivity index is 2.45. The first kappa shape index (κ1) is 17.7. The van der Waals surface area contributed by atoms with Crippen LogP contribution in [0.1, 0.15) is 41.6 Å². The third-order valence-electron chi connectivity index (χ3n) is 3.39. The first-order valence-electron chi connectivity index (χ1n) is 6.91. The zero-order valence-electron chi connectivity index (χ0n) is 13.9. The van der Waals surface area contributed by atoms with E-state index in [4.69, 9.17) is 9.47 Å². The van der Waals surface area contributed by atoms with Gasteiger partial charge in [0, 0.05) is 13.2 Å². The van der Waals surface area contributed by atoms with E-state index in [0.29, 0.717) is 16.8 Å². The highest BCUT2D eigenvalue weighted by Crippen LogP contribution is 2.34. The number of rotatable bonds is 4. The number of carbonyl (C=O) groups is 3. The minimum absolute atomic E-state index is 0.137. The van der Waals surface area contributed by atoms with Crippen molar-refractivity contribution in [1.29, 1.82) is 0 Å². The number of nitrogens with one attached hydrogen (secondary N) is 1. The standard InChI is InChI=1S/C15H17N3O5S/c1-7-10(14(20)22-4)13(24-11(7)15(21)23-5)16-12(19)9-6-18(3)17-8(9)2/h6H,1-5H3,(H,16,19). The van der Waals surface area contributed by atoms with Gasteiger partial charge >= 0.3 is 11.9 Å². The molecule has 1 amide bonds. The molecule has 0 aromatic carbocycles. The lowest BCUT2D eigenvalue weighted by molar-refractivity contribution is 0.0601. The fourth-order valence-corrected chi connectivity index (χ4v) is 3.34. The van der Waals surface area contributed by atoms with Crippen molar-refractivity contribution in [3.8, 4) is 0 Å². The molecule has 128 valence electrons. The minimum atomic E-state index is -0.642. The number of carbonyl (C=O) groups excluding carboxylic acids is 3. The Morgan fingerprint density at radius 1 is 1.17 bits per heavy atom. The zero-order valence-corrected chi connectivity index (χ0v) is 14.7. The van der Waals surface area contributed by atoms with Crippen LogP contribution in [-0.2, 0) is 16.5 Å². The molecule has 2 rings (SSSR count). The molecule has 0 fully saturated rings. The molecule has 0 bridgehead atoms. The molecule has 9 heteroatoms. The van der Waals surface area contributed by atoms with Gasteiger partial charge in [-0.15, -0.1) is 11.3 Å². The van der Waals surface area contributed by atoms with Crippen LogP contribution in [0.4, 0.5) is 5.00 Å². The lowest BCUT2D eigenvalue weighted by Crippen LogP contribution is -2.14. The van der Waals surface area contributed by atoms with Crippen LogP contribution in [0.3, 0.4) is 0 Å². The fourth-order valence-electron chi connectivity index (χ4n) is 2.23. The van der Waals surface area contributed by atoms with Crippen molar-refractivity contribution in [3.63, 3.8) is 0 Å². The quantitative estimate of drug-likeness (QED) is 0.845. The van der Waals surface area contributed by atoms with Gasteiger partial charge in [0.15, 0.2) is 0 Å². The molecule has 0 spiro atoms. The summed E-state index contributed by atoms with van der Waals surface area (Å²) in [7, 11) is 4.18. The molecular weight excluding hydrogens is 334 g/mol. The SMILES string of the molecule is COC(=O)c1sc(NC(=O)c2cn(C)nc2C)c(C(=O)OC)c1C. The van der Waals surface area contributed by atoms with Crippen molar-refractivity contribution in [3.05, 3.63) is 33.5 Å². The monoisotopic (exact) mass is 351 g/mol. The summed E-state index contributed by atoms with van der Waals surface area (Å²) in [5.74, 6) is -1.65. The normalized spacial score (nSPS) is 10.4. The van der Waals surface area contributed by atoms with E-state index in [2.05, 4.69) is 10.4 Å². The van der Waals surface area contributed by atoms with Crippen LogP contribution in [0.2, 0.25) is 0 Å². The molecule has 0 radical (unpaired) electrons. The fraction of sp³-hybridized carbons (Fsp3) is 0.333. The molecule has 0 atom stereocenters. The van der Waals surface area contributed by atoms with Gasteiger partial charge in [-0.1, -0.05) is 0 Å². The molecule has 0 aliphatic heterocycles. The minimum Gasteiger partial charge on any atom is -0.465 e. The first-order chi connectivity index (χ1) is 11.3. The van der Waals surface area contributed by atoms with Gasteiger partial charge in [0.25, 0.3) is 5.91 Å². The molecule has 2 aromatic heterocycles. The summed E-state index contributed by atoms with van der Waals surface area (Å²) in [6, 6.07) is 0. The smallest absolute Gasteiger partial charge is 0.348 e. The van der Waals surface area contributed by atoms with E-state index in [-0.39, 0.29) is 15.4 Å². The van der Waals surface area contributed by atoms with Gasteiger partial charge in [-0.25, -0.2) is 9.59 Å². The molecular formula is C15H17N3O5S. The van der Waals surface area contributed by atoms with Crippen molar-refractivity contribution in [2.24, 2.45) is 7.05 Å². The van der Waals surface area contributed by atoms with Crippen LogP contribution in [0.25, 0.3) is 0 Å². The Bertz CT molecular complexity index is 821. The van der Waals surface area contributed by atoms with E-state index in [0.717, 1.165) is 11.3 Å². The Morgan fingerprint density at radius 3 is 2.29 bits per heavy atom. The Kier molecular flexibility index (Phi) is 5.03. The van der Waals surface area contributed by atoms with Crippen molar-refractivity contribution in [2.75, 3.05) is 19.5 Å². The number of anilines is 1. The topological polar surface area (TPSA) is 99.5 Å². The maximum Gasteiger partial charge on any atom is 0.348 e. The van der Waals surface area contributed by atoms with Crippen molar-refractivity contribution < 1.29 is 23.9 Å². The van der Waals surface area contributed by atoms with E-state index in [9.17, 15) is 14.4 Å². The molecule has 0 aliphatic carbocycles. The number of nitrogens with zero attached hydrogens (tertiary/aromatic N) is 2. The second kappa shape index (κ2) is 6.83. The van der Waals surface area contributed by atoms with E-state index in [1.807, 2.05) is 0 Å². The lowest BCUT2D eigenvalue weighted by atomic mass is 10.1. The zero-order chi connectivity index (χ0) is 18.0. The van der Waals surface area contributed by atoms with Crippen molar-refractivity contribution in [1.82, 2.24) is 9.78 Å². The van der Waals surface area contributed by atoms with Gasteiger partial charge in [0.2, 0.25) is 0 Å². The Labute approximate surface area is 142 Å². The summed E-state index contributed by atoms with van der Waals surface area (Å²) < 4.78 is 11.0. The molecule has 0 saturated carbocycles. The van der Waals surface area contributed by atoms with E-state index in [1.165, 1.54) is 18.9 Å². The first-order valence-corrected chi connectivity index (χ1v) is 7.73. The maximum absolute atomic E-state index is 12.4. The van der Waals surface area contributed by atoms with Crippen LogP contribution >= 0.6 is 11.3 Å². The number of methoxy groups -OCH3 is 2. The third kappa shape index (κ3) is 3.16. The molecule has 8 nitrogen and oxygen atoms in total. The summed E-state index contributed by atoms with van der Waals surface area (Å²) in [5.41, 5.74) is 1.46. The molecule has 0 unspecified atom stereocenters. The molecule has 2 heterocycles. The summed E-state index contributed by atoms with van der Waals surface area (Å²) in [5, 5.41) is 6.99. The number of thiophene rings is 1. The highest BCUT2D eigenvalue weighted by Gasteiger charge is 2.27. The van der Waals surface area contributed by atoms with Crippen LogP contribution in [-0.4, -0.2) is 41.8 Å². The van der Waals surface area contributed by atoms with Crippen molar-refractivity contribution in [2.45, 2.75) is 13.8 Å². The number of aryl methyl sites for hydroxylation is 2. The second-order valence-corrected chi connectivity index (χ2v) is 6.02. The summed E-state index contributed by atoms with van der Waals surface area (Å²) in [6.07, 6.45) is 1.57. The predicted octanol–water partition coefficient (Wildman–Crippen LogP) is 1.92. The van der Waals surface area contributed by atoms with Crippen LogP contribution < -0.4 is 5.32 Å². The number of esters is 2. The summed E-state index contributed by atoms with van der Waals surface area (Å²) in [4.78, 5) is 36.5. The van der Waals surface area contributed by atoms with E-state index >= 15 is 0 Å². The maximum atomic E-state index is 12.4. The average molecular weight is 351 g/mol. The molecule has 1 N–H and O–H groups in total. The highest BCUT2D eigenvalue weighted by atomic mass is 32.1. The summed E-state index contributed by atoms with van der Waals surface area (Å²) in [6.45, 7) is 3.30. The van der Waals surface area contributed by atoms with E-state index in [1.54, 1.807) is 27.1 Å². The lowest BCUT2D eigenvalue weighted by Gasteiger charge is -2.05. The van der Waals surface area contributed by atoms with E-state index < -0.39 is 17.8 Å².